The predicted molar refractivity (Wildman–Crippen MR) is 111 cm³/mol. The fraction of sp³-hybridized carbons (Fsp3) is 0.364. The van der Waals surface area contributed by atoms with Gasteiger partial charge in [0.15, 0.2) is 0 Å². The number of rotatable bonds is 6. The first-order valence-electron chi connectivity index (χ1n) is 10.0. The second kappa shape index (κ2) is 8.28. The third kappa shape index (κ3) is 4.15. The van der Waals surface area contributed by atoms with Crippen LogP contribution in [0, 0.1) is 11.7 Å². The van der Waals surface area contributed by atoms with Gasteiger partial charge in [-0.3, -0.25) is 0 Å². The molecule has 3 aromatic rings. The number of hydrogen-bond acceptors (Lipinski definition) is 5. The molecule has 8 heteroatoms. The van der Waals surface area contributed by atoms with Gasteiger partial charge in [0.2, 0.25) is 21.7 Å². The Kier molecular flexibility index (Phi) is 5.71. The lowest BCUT2D eigenvalue weighted by Crippen LogP contribution is -2.30. The number of sulfonamides is 1. The maximum atomic E-state index is 13.3. The van der Waals surface area contributed by atoms with E-state index in [9.17, 15) is 12.8 Å². The van der Waals surface area contributed by atoms with Crippen molar-refractivity contribution < 1.29 is 17.3 Å². The lowest BCUT2D eigenvalue weighted by molar-refractivity contribution is 0.290. The predicted octanol–water partition coefficient (Wildman–Crippen LogP) is 4.60. The summed E-state index contributed by atoms with van der Waals surface area (Å²) in [5.41, 5.74) is 1.72. The van der Waals surface area contributed by atoms with Crippen LogP contribution >= 0.6 is 0 Å². The molecule has 0 amide bonds. The van der Waals surface area contributed by atoms with Crippen molar-refractivity contribution in [3.8, 4) is 11.4 Å². The van der Waals surface area contributed by atoms with Crippen LogP contribution in [0.1, 0.15) is 44.2 Å². The molecule has 1 aromatic heterocycles. The molecule has 2 heterocycles. The standard InChI is InChI=1S/C22H24FN3O3S/c1-15(2)14-16-5-11-19(12-6-16)30(27,28)26-13-3-4-20(26)22-24-21(25-29-22)17-7-9-18(23)10-8-17/h5-12,15,20H,3-4,13-14H2,1-2H3/t20-/m1/s1. The van der Waals surface area contributed by atoms with Crippen molar-refractivity contribution in [1.82, 2.24) is 14.4 Å². The van der Waals surface area contributed by atoms with Gasteiger partial charge < -0.3 is 4.52 Å². The van der Waals surface area contributed by atoms with Gasteiger partial charge in [0.25, 0.3) is 0 Å². The van der Waals surface area contributed by atoms with E-state index in [1.165, 1.54) is 16.4 Å². The molecule has 0 bridgehead atoms. The molecule has 1 aliphatic rings. The largest absolute Gasteiger partial charge is 0.337 e. The van der Waals surface area contributed by atoms with Gasteiger partial charge in [0.1, 0.15) is 11.9 Å². The second-order valence-corrected chi connectivity index (χ2v) is 9.87. The highest BCUT2D eigenvalue weighted by molar-refractivity contribution is 7.89. The second-order valence-electron chi connectivity index (χ2n) is 7.98. The summed E-state index contributed by atoms with van der Waals surface area (Å²) in [6, 6.07) is 12.3. The van der Waals surface area contributed by atoms with E-state index in [2.05, 4.69) is 24.0 Å². The lowest BCUT2D eigenvalue weighted by Gasteiger charge is -2.21. The van der Waals surface area contributed by atoms with Crippen LogP contribution in [0.3, 0.4) is 0 Å². The molecule has 0 unspecified atom stereocenters. The summed E-state index contributed by atoms with van der Waals surface area (Å²) in [5.74, 6) is 0.720. The summed E-state index contributed by atoms with van der Waals surface area (Å²) < 4.78 is 46.5. The van der Waals surface area contributed by atoms with Crippen LogP contribution in [0.2, 0.25) is 0 Å². The summed E-state index contributed by atoms with van der Waals surface area (Å²) in [4.78, 5) is 4.65. The molecule has 158 valence electrons. The van der Waals surface area contributed by atoms with E-state index in [-0.39, 0.29) is 16.6 Å². The highest BCUT2D eigenvalue weighted by Gasteiger charge is 2.39. The van der Waals surface area contributed by atoms with Crippen molar-refractivity contribution >= 4 is 10.0 Å². The number of hydrogen-bond donors (Lipinski definition) is 0. The molecule has 6 nitrogen and oxygen atoms in total. The molecule has 1 aliphatic heterocycles. The summed E-state index contributed by atoms with van der Waals surface area (Å²) >= 11 is 0. The van der Waals surface area contributed by atoms with Gasteiger partial charge in [-0.25, -0.2) is 12.8 Å². The zero-order valence-corrected chi connectivity index (χ0v) is 17.8. The molecule has 0 spiro atoms. The topological polar surface area (TPSA) is 76.3 Å². The Morgan fingerprint density at radius 1 is 1.13 bits per heavy atom. The molecular weight excluding hydrogens is 405 g/mol. The van der Waals surface area contributed by atoms with E-state index in [4.69, 9.17) is 4.52 Å². The smallest absolute Gasteiger partial charge is 0.245 e. The van der Waals surface area contributed by atoms with Crippen molar-refractivity contribution in [3.63, 3.8) is 0 Å². The summed E-state index contributed by atoms with van der Waals surface area (Å²) in [6.45, 7) is 4.66. The van der Waals surface area contributed by atoms with Crippen LogP contribution in [0.5, 0.6) is 0 Å². The van der Waals surface area contributed by atoms with Crippen molar-refractivity contribution in [1.29, 1.82) is 0 Å². The number of halogens is 1. The Bertz CT molecular complexity index is 1110. The van der Waals surface area contributed by atoms with E-state index in [1.54, 1.807) is 24.3 Å². The molecule has 4 rings (SSSR count). The molecule has 1 atom stereocenters. The normalized spacial score (nSPS) is 17.7. The minimum atomic E-state index is -3.69. The third-order valence-electron chi connectivity index (χ3n) is 5.21. The average molecular weight is 430 g/mol. The van der Waals surface area contributed by atoms with Crippen molar-refractivity contribution in [2.75, 3.05) is 6.54 Å². The molecule has 0 N–H and O–H groups in total. The van der Waals surface area contributed by atoms with Crippen molar-refractivity contribution in [2.24, 2.45) is 5.92 Å². The molecular formula is C22H24FN3O3S. The van der Waals surface area contributed by atoms with Gasteiger partial charge in [0.05, 0.1) is 4.90 Å². The van der Waals surface area contributed by atoms with Gasteiger partial charge in [-0.15, -0.1) is 0 Å². The minimum Gasteiger partial charge on any atom is -0.337 e. The Hall–Kier alpha value is -2.58. The molecule has 1 saturated heterocycles. The third-order valence-corrected chi connectivity index (χ3v) is 7.13. The Morgan fingerprint density at radius 3 is 2.50 bits per heavy atom. The fourth-order valence-electron chi connectivity index (χ4n) is 3.77. The number of aromatic nitrogens is 2. The number of nitrogens with zero attached hydrogens (tertiary/aromatic N) is 3. The van der Waals surface area contributed by atoms with Crippen LogP contribution in [0.4, 0.5) is 4.39 Å². The summed E-state index contributed by atoms with van der Waals surface area (Å²) in [5, 5.41) is 3.96. The zero-order chi connectivity index (χ0) is 21.3. The van der Waals surface area contributed by atoms with E-state index < -0.39 is 16.1 Å². The van der Waals surface area contributed by atoms with Crippen LogP contribution in [-0.2, 0) is 16.4 Å². The molecule has 0 aliphatic carbocycles. The molecule has 0 saturated carbocycles. The zero-order valence-electron chi connectivity index (χ0n) is 17.0. The van der Waals surface area contributed by atoms with Gasteiger partial charge in [-0.1, -0.05) is 31.1 Å². The summed E-state index contributed by atoms with van der Waals surface area (Å²) in [7, 11) is -3.69. The molecule has 1 fully saturated rings. The van der Waals surface area contributed by atoms with Gasteiger partial charge in [0, 0.05) is 12.1 Å². The van der Waals surface area contributed by atoms with Crippen molar-refractivity contribution in [3.05, 3.63) is 65.8 Å². The first-order valence-corrected chi connectivity index (χ1v) is 11.5. The fourth-order valence-corrected chi connectivity index (χ4v) is 5.42. The quantitative estimate of drug-likeness (QED) is 0.572. The SMILES string of the molecule is CC(C)Cc1ccc(S(=O)(=O)N2CCC[C@@H]2c2nc(-c3ccc(F)cc3)no2)cc1. The van der Waals surface area contributed by atoms with Gasteiger partial charge >= 0.3 is 0 Å². The van der Waals surface area contributed by atoms with Crippen LogP contribution in [-0.4, -0.2) is 29.4 Å². The Labute approximate surface area is 175 Å². The van der Waals surface area contributed by atoms with Crippen molar-refractivity contribution in [2.45, 2.75) is 44.0 Å². The summed E-state index contributed by atoms with van der Waals surface area (Å²) in [6.07, 6.45) is 2.22. The van der Waals surface area contributed by atoms with Crippen LogP contribution in [0.15, 0.2) is 57.9 Å². The monoisotopic (exact) mass is 429 g/mol. The minimum absolute atomic E-state index is 0.256. The lowest BCUT2D eigenvalue weighted by atomic mass is 10.0. The highest BCUT2D eigenvalue weighted by Crippen LogP contribution is 2.36. The highest BCUT2D eigenvalue weighted by atomic mass is 32.2. The number of benzene rings is 2. The van der Waals surface area contributed by atoms with E-state index in [0.29, 0.717) is 36.7 Å². The Morgan fingerprint density at radius 2 is 1.83 bits per heavy atom. The average Bonchev–Trinajstić information content (AvgIpc) is 3.38. The van der Waals surface area contributed by atoms with E-state index >= 15 is 0 Å². The van der Waals surface area contributed by atoms with Gasteiger partial charge in [-0.05, 0) is 67.1 Å². The van der Waals surface area contributed by atoms with Crippen LogP contribution in [0.25, 0.3) is 11.4 Å². The van der Waals surface area contributed by atoms with Gasteiger partial charge in [-0.2, -0.15) is 9.29 Å². The van der Waals surface area contributed by atoms with Crippen LogP contribution < -0.4 is 0 Å². The maximum absolute atomic E-state index is 13.3. The maximum Gasteiger partial charge on any atom is 0.245 e. The molecule has 2 aromatic carbocycles. The van der Waals surface area contributed by atoms with E-state index in [1.807, 2.05) is 12.1 Å². The first kappa shape index (κ1) is 20.7. The molecule has 0 radical (unpaired) electrons. The first-order chi connectivity index (χ1) is 14.3. The van der Waals surface area contributed by atoms with E-state index in [0.717, 1.165) is 12.0 Å². The Balaban J connectivity index is 1.58. The molecule has 30 heavy (non-hydrogen) atoms.